The van der Waals surface area contributed by atoms with Crippen LogP contribution in [0, 0.1) is 0 Å². The third kappa shape index (κ3) is 2.03. The topological polar surface area (TPSA) is 40.2 Å². The Bertz CT molecular complexity index is 921. The van der Waals surface area contributed by atoms with Gasteiger partial charge in [-0.1, -0.05) is 13.0 Å². The van der Waals surface area contributed by atoms with E-state index in [4.69, 9.17) is 18.9 Å². The van der Waals surface area contributed by atoms with Crippen LogP contribution in [0.4, 0.5) is 0 Å². The normalized spacial score (nSPS) is 21.7. The lowest BCUT2D eigenvalue weighted by molar-refractivity contribution is 0.169. The van der Waals surface area contributed by atoms with Gasteiger partial charge in [0, 0.05) is 24.2 Å². The third-order valence-electron chi connectivity index (χ3n) is 5.69. The summed E-state index contributed by atoms with van der Waals surface area (Å²) < 4.78 is 22.3. The second-order valence-corrected chi connectivity index (χ2v) is 6.92. The molecule has 0 saturated heterocycles. The Morgan fingerprint density at radius 2 is 1.85 bits per heavy atom. The molecule has 3 aliphatic heterocycles. The van der Waals surface area contributed by atoms with Gasteiger partial charge in [0.25, 0.3) is 0 Å². The van der Waals surface area contributed by atoms with E-state index in [1.165, 1.54) is 22.3 Å². The molecule has 134 valence electrons. The zero-order chi connectivity index (χ0) is 17.8. The van der Waals surface area contributed by atoms with Gasteiger partial charge in [0.1, 0.15) is 0 Å². The second kappa shape index (κ2) is 5.59. The number of nitrogens with zero attached hydrogens (tertiary/aromatic N) is 1. The molecule has 26 heavy (non-hydrogen) atoms. The first-order chi connectivity index (χ1) is 12.7. The number of benzene rings is 2. The van der Waals surface area contributed by atoms with Crippen LogP contribution in [-0.2, 0) is 6.54 Å². The van der Waals surface area contributed by atoms with Gasteiger partial charge < -0.3 is 23.8 Å². The van der Waals surface area contributed by atoms with Gasteiger partial charge in [0.2, 0.25) is 6.79 Å². The summed E-state index contributed by atoms with van der Waals surface area (Å²) in [5.74, 6) is 3.60. The molecule has 0 saturated carbocycles. The van der Waals surface area contributed by atoms with E-state index in [0.29, 0.717) is 12.7 Å². The van der Waals surface area contributed by atoms with Crippen LogP contribution in [0.2, 0.25) is 0 Å². The van der Waals surface area contributed by atoms with Crippen molar-refractivity contribution < 1.29 is 18.9 Å². The molecule has 2 aromatic carbocycles. The van der Waals surface area contributed by atoms with Gasteiger partial charge in [0.15, 0.2) is 23.0 Å². The summed E-state index contributed by atoms with van der Waals surface area (Å²) in [5, 5.41) is 0. The number of methoxy groups -OCH3 is 2. The lowest BCUT2D eigenvalue weighted by Gasteiger charge is -2.43. The van der Waals surface area contributed by atoms with Crippen LogP contribution >= 0.6 is 0 Å². The summed E-state index contributed by atoms with van der Waals surface area (Å²) in [7, 11) is 3.35. The van der Waals surface area contributed by atoms with Gasteiger partial charge in [-0.2, -0.15) is 0 Å². The van der Waals surface area contributed by atoms with E-state index >= 15 is 0 Å². The zero-order valence-corrected chi connectivity index (χ0v) is 15.1. The monoisotopic (exact) mass is 351 g/mol. The Balaban J connectivity index is 1.64. The second-order valence-electron chi connectivity index (χ2n) is 6.92. The minimum absolute atomic E-state index is 0.252. The molecular formula is C21H21NO4. The first-order valence-corrected chi connectivity index (χ1v) is 8.82. The molecule has 0 fully saturated rings. The fourth-order valence-electron chi connectivity index (χ4n) is 4.45. The van der Waals surface area contributed by atoms with Gasteiger partial charge in [0.05, 0.1) is 20.3 Å². The van der Waals surface area contributed by atoms with Crippen LogP contribution in [0.5, 0.6) is 23.0 Å². The molecule has 0 spiro atoms. The molecule has 0 amide bonds. The SMILES string of the molecule is COc1cc2c(cc1OC)[C@H]1[C@@H](C)c3ccc4c(c3CN1C=C2)OCO4. The maximum Gasteiger partial charge on any atom is 0.231 e. The highest BCUT2D eigenvalue weighted by Crippen LogP contribution is 2.51. The Morgan fingerprint density at radius 3 is 2.65 bits per heavy atom. The molecule has 2 atom stereocenters. The molecule has 5 rings (SSSR count). The molecule has 0 aliphatic carbocycles. The quantitative estimate of drug-likeness (QED) is 0.815. The predicted octanol–water partition coefficient (Wildman–Crippen LogP) is 4.08. The predicted molar refractivity (Wildman–Crippen MR) is 97.8 cm³/mol. The van der Waals surface area contributed by atoms with Gasteiger partial charge in [-0.3, -0.25) is 0 Å². The molecule has 0 radical (unpaired) electrons. The third-order valence-corrected chi connectivity index (χ3v) is 5.69. The molecule has 0 unspecified atom stereocenters. The zero-order valence-electron chi connectivity index (χ0n) is 15.1. The lowest BCUT2D eigenvalue weighted by Crippen LogP contribution is -2.34. The Morgan fingerprint density at radius 1 is 1.04 bits per heavy atom. The summed E-state index contributed by atoms with van der Waals surface area (Å²) in [6, 6.07) is 8.64. The fourth-order valence-corrected chi connectivity index (χ4v) is 4.45. The number of rotatable bonds is 2. The number of fused-ring (bicyclic) bond motifs is 6. The summed E-state index contributed by atoms with van der Waals surface area (Å²) in [6.45, 7) is 3.39. The molecule has 3 aliphatic rings. The highest BCUT2D eigenvalue weighted by molar-refractivity contribution is 5.65. The van der Waals surface area contributed by atoms with Gasteiger partial charge in [-0.25, -0.2) is 0 Å². The van der Waals surface area contributed by atoms with Crippen LogP contribution in [-0.4, -0.2) is 25.9 Å². The van der Waals surface area contributed by atoms with Crippen molar-refractivity contribution in [2.24, 2.45) is 0 Å². The van der Waals surface area contributed by atoms with Crippen LogP contribution in [0.3, 0.4) is 0 Å². The minimum atomic E-state index is 0.252. The van der Waals surface area contributed by atoms with Crippen molar-refractivity contribution >= 4 is 6.08 Å². The maximum absolute atomic E-state index is 5.75. The molecule has 2 aromatic rings. The van der Waals surface area contributed by atoms with Gasteiger partial charge in [-0.15, -0.1) is 0 Å². The molecule has 3 heterocycles. The van der Waals surface area contributed by atoms with Crippen molar-refractivity contribution in [2.75, 3.05) is 21.0 Å². The largest absolute Gasteiger partial charge is 0.493 e. The van der Waals surface area contributed by atoms with Crippen LogP contribution < -0.4 is 18.9 Å². The van der Waals surface area contributed by atoms with E-state index in [0.717, 1.165) is 29.5 Å². The van der Waals surface area contributed by atoms with Crippen molar-refractivity contribution in [2.45, 2.75) is 25.4 Å². The molecule has 0 bridgehead atoms. The summed E-state index contributed by atoms with van der Waals surface area (Å²) in [6.07, 6.45) is 4.32. The summed E-state index contributed by atoms with van der Waals surface area (Å²) >= 11 is 0. The average Bonchev–Trinajstić information content (AvgIpc) is 3.15. The van der Waals surface area contributed by atoms with Crippen molar-refractivity contribution in [3.8, 4) is 23.0 Å². The molecule has 5 heteroatoms. The number of ether oxygens (including phenoxy) is 4. The summed E-state index contributed by atoms with van der Waals surface area (Å²) in [5.41, 5.74) is 5.00. The van der Waals surface area contributed by atoms with Crippen LogP contribution in [0.25, 0.3) is 6.08 Å². The van der Waals surface area contributed by atoms with Gasteiger partial charge in [-0.05, 0) is 41.0 Å². The smallest absolute Gasteiger partial charge is 0.231 e. The van der Waals surface area contributed by atoms with E-state index in [-0.39, 0.29) is 6.04 Å². The average molecular weight is 351 g/mol. The van der Waals surface area contributed by atoms with Crippen LogP contribution in [0.15, 0.2) is 30.5 Å². The summed E-state index contributed by atoms with van der Waals surface area (Å²) in [4.78, 5) is 2.38. The maximum atomic E-state index is 5.75. The van der Waals surface area contributed by atoms with Gasteiger partial charge >= 0.3 is 0 Å². The highest BCUT2D eigenvalue weighted by atomic mass is 16.7. The fraction of sp³-hybridized carbons (Fsp3) is 0.333. The standard InChI is InChI=1S/C21H21NO4/c1-12-14-4-5-17-21(26-11-25-17)16(14)10-22-7-6-13-8-18(23-2)19(24-3)9-15(13)20(12)22/h4-9,12,20H,10-11H2,1-3H3/t12-,20+/m0/s1. The van der Waals surface area contributed by atoms with E-state index in [1.54, 1.807) is 14.2 Å². The van der Waals surface area contributed by atoms with Crippen molar-refractivity contribution in [3.05, 3.63) is 52.7 Å². The molecule has 0 N–H and O–H groups in total. The van der Waals surface area contributed by atoms with E-state index < -0.39 is 0 Å². The van der Waals surface area contributed by atoms with Crippen molar-refractivity contribution in [1.29, 1.82) is 0 Å². The molecule has 0 aromatic heterocycles. The Labute approximate surface area is 152 Å². The Hall–Kier alpha value is -2.82. The van der Waals surface area contributed by atoms with Crippen molar-refractivity contribution in [3.63, 3.8) is 0 Å². The van der Waals surface area contributed by atoms with Crippen LogP contribution in [0.1, 0.15) is 41.1 Å². The minimum Gasteiger partial charge on any atom is -0.493 e. The number of hydrogen-bond donors (Lipinski definition) is 0. The Kier molecular flexibility index (Phi) is 3.32. The number of hydrogen-bond acceptors (Lipinski definition) is 5. The first kappa shape index (κ1) is 15.4. The van der Waals surface area contributed by atoms with E-state index in [9.17, 15) is 0 Å². The van der Waals surface area contributed by atoms with Crippen molar-refractivity contribution in [1.82, 2.24) is 4.90 Å². The van der Waals surface area contributed by atoms with E-state index in [1.807, 2.05) is 6.07 Å². The first-order valence-electron chi connectivity index (χ1n) is 8.82. The molecular weight excluding hydrogens is 330 g/mol. The highest BCUT2D eigenvalue weighted by Gasteiger charge is 2.38. The lowest BCUT2D eigenvalue weighted by atomic mass is 9.78. The molecule has 5 nitrogen and oxygen atoms in total. The van der Waals surface area contributed by atoms with E-state index in [2.05, 4.69) is 42.3 Å².